The molecule has 3 rings (SSSR count). The molecule has 0 amide bonds. The second-order valence-electron chi connectivity index (χ2n) is 6.58. The molecule has 0 aliphatic rings. The Morgan fingerprint density at radius 1 is 1.06 bits per heavy atom. The number of nitrogens with zero attached hydrogens (tertiary/aromatic N) is 1. The standard InChI is InChI=1S/C25H21ClFNO3/c1-3-30-24-14-18(12-20(15-28)19-6-10-22(29-2)11-7-19)13-23(26)25(24)31-16-17-4-8-21(27)9-5-17/h4-14H,3,16H2,1-2H3/b20-12+. The monoisotopic (exact) mass is 437 g/mol. The van der Waals surface area contributed by atoms with Crippen LogP contribution in [0, 0.1) is 17.1 Å². The molecule has 158 valence electrons. The Hall–Kier alpha value is -3.49. The normalized spacial score (nSPS) is 11.0. The Balaban J connectivity index is 1.89. The predicted molar refractivity (Wildman–Crippen MR) is 120 cm³/mol. The van der Waals surface area contributed by atoms with Gasteiger partial charge in [0, 0.05) is 0 Å². The molecule has 0 N–H and O–H groups in total. The van der Waals surface area contributed by atoms with Gasteiger partial charge in [-0.1, -0.05) is 23.7 Å². The van der Waals surface area contributed by atoms with Gasteiger partial charge in [-0.15, -0.1) is 0 Å². The quantitative estimate of drug-likeness (QED) is 0.297. The summed E-state index contributed by atoms with van der Waals surface area (Å²) in [4.78, 5) is 0. The van der Waals surface area contributed by atoms with Crippen molar-refractivity contribution >= 4 is 23.3 Å². The van der Waals surface area contributed by atoms with Crippen molar-refractivity contribution < 1.29 is 18.6 Å². The molecule has 4 nitrogen and oxygen atoms in total. The number of hydrogen-bond acceptors (Lipinski definition) is 4. The third kappa shape index (κ3) is 5.78. The average molecular weight is 438 g/mol. The maximum Gasteiger partial charge on any atom is 0.180 e. The van der Waals surface area contributed by atoms with Gasteiger partial charge in [0.1, 0.15) is 18.2 Å². The highest BCUT2D eigenvalue weighted by atomic mass is 35.5. The van der Waals surface area contributed by atoms with E-state index in [-0.39, 0.29) is 12.4 Å². The van der Waals surface area contributed by atoms with E-state index in [2.05, 4.69) is 6.07 Å². The summed E-state index contributed by atoms with van der Waals surface area (Å²) < 4.78 is 29.8. The minimum absolute atomic E-state index is 0.213. The van der Waals surface area contributed by atoms with Gasteiger partial charge >= 0.3 is 0 Å². The second-order valence-corrected chi connectivity index (χ2v) is 6.98. The van der Waals surface area contributed by atoms with Crippen LogP contribution >= 0.6 is 11.6 Å². The lowest BCUT2D eigenvalue weighted by Gasteiger charge is -2.15. The van der Waals surface area contributed by atoms with Crippen LogP contribution in [0.3, 0.4) is 0 Å². The lowest BCUT2D eigenvalue weighted by Crippen LogP contribution is -2.01. The molecule has 0 saturated heterocycles. The van der Waals surface area contributed by atoms with E-state index >= 15 is 0 Å². The van der Waals surface area contributed by atoms with Gasteiger partial charge < -0.3 is 14.2 Å². The van der Waals surface area contributed by atoms with Crippen LogP contribution in [0.25, 0.3) is 11.6 Å². The molecule has 0 saturated carbocycles. The molecule has 0 heterocycles. The van der Waals surface area contributed by atoms with Gasteiger partial charge in [-0.05, 0) is 78.2 Å². The van der Waals surface area contributed by atoms with Crippen molar-refractivity contribution in [1.82, 2.24) is 0 Å². The Kier molecular flexibility index (Phi) is 7.53. The number of hydrogen-bond donors (Lipinski definition) is 0. The van der Waals surface area contributed by atoms with E-state index in [0.29, 0.717) is 40.0 Å². The van der Waals surface area contributed by atoms with Gasteiger partial charge in [-0.2, -0.15) is 5.26 Å². The van der Waals surface area contributed by atoms with Gasteiger partial charge in [0.15, 0.2) is 11.5 Å². The topological polar surface area (TPSA) is 51.5 Å². The average Bonchev–Trinajstić information content (AvgIpc) is 2.78. The van der Waals surface area contributed by atoms with Crippen molar-refractivity contribution in [3.63, 3.8) is 0 Å². The van der Waals surface area contributed by atoms with Crippen molar-refractivity contribution in [3.05, 3.63) is 88.2 Å². The SMILES string of the molecule is CCOc1cc(/C=C(\C#N)c2ccc(OC)cc2)cc(Cl)c1OCc1ccc(F)cc1. The van der Waals surface area contributed by atoms with E-state index < -0.39 is 0 Å². The van der Waals surface area contributed by atoms with Crippen LogP contribution in [0.1, 0.15) is 23.6 Å². The van der Waals surface area contributed by atoms with E-state index in [9.17, 15) is 9.65 Å². The predicted octanol–water partition coefficient (Wildman–Crippen LogP) is 6.53. The minimum atomic E-state index is -0.307. The summed E-state index contributed by atoms with van der Waals surface area (Å²) in [7, 11) is 1.59. The molecular weight excluding hydrogens is 417 g/mol. The van der Waals surface area contributed by atoms with Crippen molar-refractivity contribution in [1.29, 1.82) is 5.26 Å². The highest BCUT2D eigenvalue weighted by molar-refractivity contribution is 6.32. The molecule has 0 unspecified atom stereocenters. The first-order valence-corrected chi connectivity index (χ1v) is 10.0. The molecule has 3 aromatic carbocycles. The minimum Gasteiger partial charge on any atom is -0.497 e. The number of nitriles is 1. The molecule has 3 aromatic rings. The van der Waals surface area contributed by atoms with Crippen molar-refractivity contribution in [2.45, 2.75) is 13.5 Å². The highest BCUT2D eigenvalue weighted by Crippen LogP contribution is 2.38. The van der Waals surface area contributed by atoms with E-state index in [1.165, 1.54) is 12.1 Å². The number of halogens is 2. The molecule has 0 spiro atoms. The van der Waals surface area contributed by atoms with Gasteiger partial charge in [0.2, 0.25) is 0 Å². The fourth-order valence-corrected chi connectivity index (χ4v) is 3.20. The van der Waals surface area contributed by atoms with Crippen LogP contribution in [0.4, 0.5) is 4.39 Å². The summed E-state index contributed by atoms with van der Waals surface area (Å²) in [6.07, 6.45) is 1.74. The number of ether oxygens (including phenoxy) is 3. The van der Waals surface area contributed by atoms with Crippen molar-refractivity contribution in [3.8, 4) is 23.3 Å². The van der Waals surface area contributed by atoms with E-state index in [0.717, 1.165) is 11.1 Å². The fourth-order valence-electron chi connectivity index (χ4n) is 2.93. The Bertz CT molecular complexity index is 1100. The lowest BCUT2D eigenvalue weighted by molar-refractivity contribution is 0.269. The van der Waals surface area contributed by atoms with Crippen LogP contribution in [-0.4, -0.2) is 13.7 Å². The van der Waals surface area contributed by atoms with Crippen LogP contribution < -0.4 is 14.2 Å². The largest absolute Gasteiger partial charge is 0.497 e. The second kappa shape index (κ2) is 10.5. The molecule has 6 heteroatoms. The summed E-state index contributed by atoms with van der Waals surface area (Å²) in [5.41, 5.74) is 2.74. The summed E-state index contributed by atoms with van der Waals surface area (Å²) in [6, 6.07) is 19.0. The van der Waals surface area contributed by atoms with E-state index in [4.69, 9.17) is 25.8 Å². The van der Waals surface area contributed by atoms with E-state index in [1.54, 1.807) is 49.6 Å². The molecule has 0 aromatic heterocycles. The first-order chi connectivity index (χ1) is 15.0. The Morgan fingerprint density at radius 2 is 1.77 bits per heavy atom. The zero-order valence-electron chi connectivity index (χ0n) is 17.2. The number of benzene rings is 3. The summed E-state index contributed by atoms with van der Waals surface area (Å²) >= 11 is 6.48. The van der Waals surface area contributed by atoms with Crippen molar-refractivity contribution in [2.24, 2.45) is 0 Å². The van der Waals surface area contributed by atoms with Crippen LogP contribution in [0.15, 0.2) is 60.7 Å². The molecule has 0 aliphatic carbocycles. The lowest BCUT2D eigenvalue weighted by atomic mass is 10.0. The number of methoxy groups -OCH3 is 1. The zero-order chi connectivity index (χ0) is 22.2. The third-order valence-corrected chi connectivity index (χ3v) is 4.74. The van der Waals surface area contributed by atoms with Gasteiger partial charge in [0.25, 0.3) is 0 Å². The first kappa shape index (κ1) is 22.2. The number of allylic oxidation sites excluding steroid dienone is 1. The fraction of sp³-hybridized carbons (Fsp3) is 0.160. The van der Waals surface area contributed by atoms with Gasteiger partial charge in [-0.3, -0.25) is 0 Å². The van der Waals surface area contributed by atoms with Crippen molar-refractivity contribution in [2.75, 3.05) is 13.7 Å². The molecule has 0 fully saturated rings. The summed E-state index contributed by atoms with van der Waals surface area (Å²) in [5, 5.41) is 9.98. The molecule has 0 bridgehead atoms. The molecule has 0 aliphatic heterocycles. The van der Waals surface area contributed by atoms with Gasteiger partial charge in [0.05, 0.1) is 30.4 Å². The Morgan fingerprint density at radius 3 is 2.39 bits per heavy atom. The van der Waals surface area contributed by atoms with Crippen LogP contribution in [0.2, 0.25) is 5.02 Å². The number of rotatable bonds is 8. The molecule has 0 radical (unpaired) electrons. The van der Waals surface area contributed by atoms with E-state index in [1.807, 2.05) is 19.1 Å². The first-order valence-electron chi connectivity index (χ1n) is 9.63. The molecular formula is C25H21ClFNO3. The van der Waals surface area contributed by atoms with Crippen LogP contribution in [0.5, 0.6) is 17.2 Å². The maximum atomic E-state index is 13.1. The summed E-state index contributed by atoms with van der Waals surface area (Å²) in [6.45, 7) is 2.49. The molecule has 31 heavy (non-hydrogen) atoms. The van der Waals surface area contributed by atoms with Gasteiger partial charge in [-0.25, -0.2) is 4.39 Å². The zero-order valence-corrected chi connectivity index (χ0v) is 17.9. The smallest absolute Gasteiger partial charge is 0.180 e. The summed E-state index contributed by atoms with van der Waals surface area (Å²) in [5.74, 6) is 1.27. The third-order valence-electron chi connectivity index (χ3n) is 4.46. The highest BCUT2D eigenvalue weighted by Gasteiger charge is 2.13. The molecule has 0 atom stereocenters. The maximum absolute atomic E-state index is 13.1. The Labute approximate surface area is 186 Å². The van der Waals surface area contributed by atoms with Crippen LogP contribution in [-0.2, 0) is 6.61 Å².